The first-order valence-corrected chi connectivity index (χ1v) is 8.36. The molecule has 1 atom stereocenters. The van der Waals surface area contributed by atoms with Gasteiger partial charge in [-0.05, 0) is 30.5 Å². The fraction of sp³-hybridized carbons (Fsp3) is 0.300. The SMILES string of the molecule is CC(NCc1ccccc1)C(=O)c1c(C(C)C)nn2ccccc12. The zero-order chi connectivity index (χ0) is 17.1. The number of aromatic nitrogens is 2. The number of carbonyl (C=O) groups excluding carboxylic acids is 1. The first kappa shape index (κ1) is 16.4. The molecule has 124 valence electrons. The van der Waals surface area contributed by atoms with Crippen LogP contribution in [0.25, 0.3) is 5.52 Å². The van der Waals surface area contributed by atoms with Crippen molar-refractivity contribution < 1.29 is 4.79 Å². The Balaban J connectivity index is 1.86. The van der Waals surface area contributed by atoms with Crippen molar-refractivity contribution in [1.82, 2.24) is 14.9 Å². The molecule has 0 saturated heterocycles. The third-order valence-electron chi connectivity index (χ3n) is 4.21. The van der Waals surface area contributed by atoms with E-state index in [1.807, 2.05) is 49.5 Å². The van der Waals surface area contributed by atoms with Crippen LogP contribution in [0.5, 0.6) is 0 Å². The molecular weight excluding hydrogens is 298 g/mol. The molecule has 3 aromatic rings. The van der Waals surface area contributed by atoms with Crippen molar-refractivity contribution in [2.45, 2.75) is 39.3 Å². The summed E-state index contributed by atoms with van der Waals surface area (Å²) < 4.78 is 1.80. The van der Waals surface area contributed by atoms with Crippen molar-refractivity contribution >= 4 is 11.3 Å². The van der Waals surface area contributed by atoms with Crippen molar-refractivity contribution in [3.8, 4) is 0 Å². The van der Waals surface area contributed by atoms with Gasteiger partial charge in [-0.3, -0.25) is 4.79 Å². The number of benzene rings is 1. The van der Waals surface area contributed by atoms with Gasteiger partial charge in [0.05, 0.1) is 22.8 Å². The predicted molar refractivity (Wildman–Crippen MR) is 96.4 cm³/mol. The highest BCUT2D eigenvalue weighted by Crippen LogP contribution is 2.24. The second-order valence-electron chi connectivity index (χ2n) is 6.40. The third kappa shape index (κ3) is 3.24. The van der Waals surface area contributed by atoms with Crippen LogP contribution < -0.4 is 5.32 Å². The molecule has 0 bridgehead atoms. The topological polar surface area (TPSA) is 46.4 Å². The summed E-state index contributed by atoms with van der Waals surface area (Å²) in [4.78, 5) is 13.1. The van der Waals surface area contributed by atoms with Gasteiger partial charge in [-0.25, -0.2) is 4.52 Å². The number of ketones is 1. The maximum atomic E-state index is 13.1. The fourth-order valence-electron chi connectivity index (χ4n) is 2.85. The van der Waals surface area contributed by atoms with Crippen molar-refractivity contribution in [3.05, 3.63) is 71.5 Å². The minimum absolute atomic E-state index is 0.0934. The molecule has 4 heteroatoms. The summed E-state index contributed by atoms with van der Waals surface area (Å²) in [5.74, 6) is 0.293. The van der Waals surface area contributed by atoms with Crippen LogP contribution in [0.4, 0.5) is 0 Å². The van der Waals surface area contributed by atoms with E-state index in [-0.39, 0.29) is 17.7 Å². The Bertz CT molecular complexity index is 836. The lowest BCUT2D eigenvalue weighted by Gasteiger charge is -2.14. The predicted octanol–water partition coefficient (Wildman–Crippen LogP) is 3.82. The molecule has 2 heterocycles. The van der Waals surface area contributed by atoms with Gasteiger partial charge in [0.2, 0.25) is 0 Å². The molecule has 2 aromatic heterocycles. The van der Waals surface area contributed by atoms with Gasteiger partial charge >= 0.3 is 0 Å². The number of Topliss-reactive ketones (excluding diaryl/α,β-unsaturated/α-hetero) is 1. The quantitative estimate of drug-likeness (QED) is 0.702. The van der Waals surface area contributed by atoms with E-state index in [1.165, 1.54) is 5.56 Å². The number of hydrogen-bond acceptors (Lipinski definition) is 3. The normalized spacial score (nSPS) is 12.7. The Morgan fingerprint density at radius 2 is 1.79 bits per heavy atom. The standard InChI is InChI=1S/C20H23N3O/c1-14(2)19-18(17-11-7-8-12-23(17)22-19)20(24)15(3)21-13-16-9-5-4-6-10-16/h4-12,14-15,21H,13H2,1-3H3. The first-order chi connectivity index (χ1) is 11.6. The summed E-state index contributed by atoms with van der Waals surface area (Å²) in [5.41, 5.74) is 3.64. The highest BCUT2D eigenvalue weighted by molar-refractivity contribution is 6.06. The molecule has 1 aromatic carbocycles. The summed E-state index contributed by atoms with van der Waals surface area (Å²) >= 11 is 0. The van der Waals surface area contributed by atoms with Gasteiger partial charge in [-0.2, -0.15) is 5.10 Å². The van der Waals surface area contributed by atoms with Crippen molar-refractivity contribution in [2.24, 2.45) is 0 Å². The lowest BCUT2D eigenvalue weighted by molar-refractivity contribution is 0.0950. The van der Waals surface area contributed by atoms with Crippen LogP contribution in [-0.2, 0) is 6.54 Å². The number of carbonyl (C=O) groups is 1. The Kier molecular flexibility index (Phi) is 4.76. The summed E-state index contributed by atoms with van der Waals surface area (Å²) in [6, 6.07) is 15.7. The van der Waals surface area contributed by atoms with Gasteiger partial charge in [-0.15, -0.1) is 0 Å². The molecule has 0 saturated carbocycles. The lowest BCUT2D eigenvalue weighted by atomic mass is 9.98. The number of rotatable bonds is 6. The van der Waals surface area contributed by atoms with E-state index in [0.29, 0.717) is 6.54 Å². The minimum Gasteiger partial charge on any atom is -0.303 e. The second kappa shape index (κ2) is 6.97. The average Bonchev–Trinajstić information content (AvgIpc) is 2.99. The van der Waals surface area contributed by atoms with E-state index in [1.54, 1.807) is 4.52 Å². The summed E-state index contributed by atoms with van der Waals surface area (Å²) in [6.45, 7) is 6.73. The van der Waals surface area contributed by atoms with Crippen LogP contribution >= 0.6 is 0 Å². The Morgan fingerprint density at radius 1 is 1.08 bits per heavy atom. The number of fused-ring (bicyclic) bond motifs is 1. The van der Waals surface area contributed by atoms with E-state index in [0.717, 1.165) is 16.8 Å². The molecule has 0 aliphatic heterocycles. The van der Waals surface area contributed by atoms with E-state index in [2.05, 4.69) is 36.4 Å². The van der Waals surface area contributed by atoms with Crippen molar-refractivity contribution in [1.29, 1.82) is 0 Å². The minimum atomic E-state index is -0.268. The summed E-state index contributed by atoms with van der Waals surface area (Å²) in [5, 5.41) is 7.93. The molecule has 1 unspecified atom stereocenters. The van der Waals surface area contributed by atoms with Crippen molar-refractivity contribution in [2.75, 3.05) is 0 Å². The van der Waals surface area contributed by atoms with Crippen LogP contribution in [0.15, 0.2) is 54.7 Å². The largest absolute Gasteiger partial charge is 0.303 e. The third-order valence-corrected chi connectivity index (χ3v) is 4.21. The maximum Gasteiger partial charge on any atom is 0.183 e. The molecule has 4 nitrogen and oxygen atoms in total. The van der Waals surface area contributed by atoms with Crippen LogP contribution in [0.1, 0.15) is 48.3 Å². The molecular formula is C20H23N3O. The molecule has 0 aliphatic rings. The average molecular weight is 321 g/mol. The van der Waals surface area contributed by atoms with Gasteiger partial charge in [0, 0.05) is 12.7 Å². The Hall–Kier alpha value is -2.46. The highest BCUT2D eigenvalue weighted by Gasteiger charge is 2.25. The van der Waals surface area contributed by atoms with Crippen LogP contribution in [-0.4, -0.2) is 21.4 Å². The highest BCUT2D eigenvalue weighted by atomic mass is 16.1. The summed E-state index contributed by atoms with van der Waals surface area (Å²) in [7, 11) is 0. The smallest absolute Gasteiger partial charge is 0.183 e. The zero-order valence-electron chi connectivity index (χ0n) is 14.4. The Labute approximate surface area is 142 Å². The molecule has 0 radical (unpaired) electrons. The van der Waals surface area contributed by atoms with E-state index < -0.39 is 0 Å². The molecule has 1 N–H and O–H groups in total. The summed E-state index contributed by atoms with van der Waals surface area (Å²) in [6.07, 6.45) is 1.89. The van der Waals surface area contributed by atoms with E-state index >= 15 is 0 Å². The van der Waals surface area contributed by atoms with E-state index in [4.69, 9.17) is 0 Å². The van der Waals surface area contributed by atoms with Gasteiger partial charge < -0.3 is 5.32 Å². The van der Waals surface area contributed by atoms with Crippen LogP contribution in [0.2, 0.25) is 0 Å². The zero-order valence-corrected chi connectivity index (χ0v) is 14.4. The number of nitrogens with one attached hydrogen (secondary N) is 1. The second-order valence-corrected chi connectivity index (χ2v) is 6.40. The molecule has 0 spiro atoms. The first-order valence-electron chi connectivity index (χ1n) is 8.36. The monoisotopic (exact) mass is 321 g/mol. The Morgan fingerprint density at radius 3 is 2.50 bits per heavy atom. The molecule has 0 fully saturated rings. The van der Waals surface area contributed by atoms with Crippen LogP contribution in [0.3, 0.4) is 0 Å². The molecule has 0 amide bonds. The lowest BCUT2D eigenvalue weighted by Crippen LogP contribution is -2.34. The van der Waals surface area contributed by atoms with Gasteiger partial charge in [-0.1, -0.05) is 50.2 Å². The fourth-order valence-corrected chi connectivity index (χ4v) is 2.85. The van der Waals surface area contributed by atoms with Gasteiger partial charge in [0.25, 0.3) is 0 Å². The van der Waals surface area contributed by atoms with Crippen molar-refractivity contribution in [3.63, 3.8) is 0 Å². The van der Waals surface area contributed by atoms with E-state index in [9.17, 15) is 4.79 Å². The van der Waals surface area contributed by atoms with Gasteiger partial charge in [0.15, 0.2) is 5.78 Å². The molecule has 0 aliphatic carbocycles. The number of nitrogens with zero attached hydrogens (tertiary/aromatic N) is 2. The number of hydrogen-bond donors (Lipinski definition) is 1. The van der Waals surface area contributed by atoms with Gasteiger partial charge in [0.1, 0.15) is 0 Å². The maximum absolute atomic E-state index is 13.1. The number of pyridine rings is 1. The molecule has 24 heavy (non-hydrogen) atoms. The molecule has 3 rings (SSSR count). The van der Waals surface area contributed by atoms with Crippen LogP contribution in [0, 0.1) is 0 Å².